The summed E-state index contributed by atoms with van der Waals surface area (Å²) in [6.07, 6.45) is 1.03. The van der Waals surface area contributed by atoms with Gasteiger partial charge in [-0.2, -0.15) is 0 Å². The van der Waals surface area contributed by atoms with Crippen LogP contribution in [0.1, 0.15) is 28.3 Å². The number of aryl methyl sites for hydroxylation is 2. The molecule has 3 rings (SSSR count). The maximum atomic E-state index is 3.48. The predicted octanol–water partition coefficient (Wildman–Crippen LogP) is 5.02. The van der Waals surface area contributed by atoms with Crippen LogP contribution in [-0.4, -0.2) is 7.05 Å². The molecule has 0 spiro atoms. The summed E-state index contributed by atoms with van der Waals surface area (Å²) in [4.78, 5) is 0. The second-order valence-corrected chi connectivity index (χ2v) is 6.63. The Labute approximate surface area is 130 Å². The summed E-state index contributed by atoms with van der Waals surface area (Å²) in [5.41, 5.74) is 5.49. The first-order chi connectivity index (χ1) is 10.2. The van der Waals surface area contributed by atoms with Crippen molar-refractivity contribution in [2.24, 2.45) is 0 Å². The van der Waals surface area contributed by atoms with Crippen molar-refractivity contribution in [2.45, 2.75) is 26.3 Å². The highest BCUT2D eigenvalue weighted by Crippen LogP contribution is 2.29. The zero-order chi connectivity index (χ0) is 14.8. The third kappa shape index (κ3) is 3.02. The van der Waals surface area contributed by atoms with Crippen LogP contribution in [0, 0.1) is 13.8 Å². The smallest absolute Gasteiger partial charge is 0.0359 e. The van der Waals surface area contributed by atoms with Crippen molar-refractivity contribution < 1.29 is 0 Å². The summed E-state index contributed by atoms with van der Waals surface area (Å²) in [5, 5.41) is 7.18. The van der Waals surface area contributed by atoms with Gasteiger partial charge in [-0.1, -0.05) is 47.5 Å². The summed E-state index contributed by atoms with van der Waals surface area (Å²) < 4.78 is 1.38. The van der Waals surface area contributed by atoms with Crippen molar-refractivity contribution >= 4 is 21.4 Å². The zero-order valence-corrected chi connectivity index (χ0v) is 13.6. The van der Waals surface area contributed by atoms with Crippen LogP contribution >= 0.6 is 11.3 Å². The first-order valence-corrected chi connectivity index (χ1v) is 8.26. The average molecular weight is 295 g/mol. The van der Waals surface area contributed by atoms with E-state index in [1.165, 1.54) is 32.3 Å². The molecule has 0 aliphatic carbocycles. The van der Waals surface area contributed by atoms with Gasteiger partial charge < -0.3 is 5.32 Å². The van der Waals surface area contributed by atoms with E-state index < -0.39 is 0 Å². The third-order valence-corrected chi connectivity index (χ3v) is 4.99. The summed E-state index contributed by atoms with van der Waals surface area (Å²) in [7, 11) is 2.05. The molecule has 21 heavy (non-hydrogen) atoms. The summed E-state index contributed by atoms with van der Waals surface area (Å²) in [6, 6.07) is 15.9. The highest BCUT2D eigenvalue weighted by atomic mass is 32.1. The molecule has 2 heteroatoms. The van der Waals surface area contributed by atoms with Gasteiger partial charge in [0.25, 0.3) is 0 Å². The van der Waals surface area contributed by atoms with Gasteiger partial charge in [0, 0.05) is 10.7 Å². The van der Waals surface area contributed by atoms with E-state index in [0.717, 1.165) is 6.42 Å². The van der Waals surface area contributed by atoms with E-state index in [0.29, 0.717) is 6.04 Å². The first kappa shape index (κ1) is 14.3. The molecule has 3 aromatic rings. The normalized spacial score (nSPS) is 12.7. The Morgan fingerprint density at radius 1 is 1.05 bits per heavy atom. The zero-order valence-electron chi connectivity index (χ0n) is 12.8. The molecule has 1 aromatic heterocycles. The lowest BCUT2D eigenvalue weighted by molar-refractivity contribution is 0.594. The minimum atomic E-state index is 0.363. The molecule has 1 atom stereocenters. The van der Waals surface area contributed by atoms with Gasteiger partial charge >= 0.3 is 0 Å². The predicted molar refractivity (Wildman–Crippen MR) is 93.2 cm³/mol. The number of benzene rings is 2. The number of fused-ring (bicyclic) bond motifs is 1. The van der Waals surface area contributed by atoms with Crippen LogP contribution in [0.5, 0.6) is 0 Å². The van der Waals surface area contributed by atoms with Gasteiger partial charge in [-0.15, -0.1) is 11.3 Å². The summed E-state index contributed by atoms with van der Waals surface area (Å²) in [5.74, 6) is 0. The number of nitrogens with one attached hydrogen (secondary N) is 1. The first-order valence-electron chi connectivity index (χ1n) is 7.38. The molecule has 108 valence electrons. The minimum absolute atomic E-state index is 0.363. The molecular weight excluding hydrogens is 274 g/mol. The van der Waals surface area contributed by atoms with Gasteiger partial charge in [0.2, 0.25) is 0 Å². The van der Waals surface area contributed by atoms with Crippen molar-refractivity contribution in [3.63, 3.8) is 0 Å². The number of rotatable bonds is 4. The molecule has 0 bridgehead atoms. The Kier molecular flexibility index (Phi) is 4.09. The highest BCUT2D eigenvalue weighted by molar-refractivity contribution is 7.17. The van der Waals surface area contributed by atoms with E-state index in [9.17, 15) is 0 Å². The molecule has 1 N–H and O–H groups in total. The van der Waals surface area contributed by atoms with Crippen molar-refractivity contribution in [3.8, 4) is 0 Å². The quantitative estimate of drug-likeness (QED) is 0.712. The molecule has 0 aliphatic heterocycles. The topological polar surface area (TPSA) is 12.0 Å². The second-order valence-electron chi connectivity index (χ2n) is 5.72. The third-order valence-electron chi connectivity index (χ3n) is 3.98. The fraction of sp³-hybridized carbons (Fsp3) is 0.263. The van der Waals surface area contributed by atoms with Crippen LogP contribution in [0.2, 0.25) is 0 Å². The molecule has 0 amide bonds. The molecule has 1 nitrogen and oxygen atoms in total. The maximum absolute atomic E-state index is 3.48. The summed E-state index contributed by atoms with van der Waals surface area (Å²) >= 11 is 1.84. The van der Waals surface area contributed by atoms with Gasteiger partial charge in [-0.3, -0.25) is 0 Å². The van der Waals surface area contributed by atoms with E-state index in [1.54, 1.807) is 0 Å². The largest absolute Gasteiger partial charge is 0.313 e. The lowest BCUT2D eigenvalue weighted by atomic mass is 9.96. The molecule has 1 unspecified atom stereocenters. The van der Waals surface area contributed by atoms with Crippen molar-refractivity contribution in [1.82, 2.24) is 5.32 Å². The fourth-order valence-electron chi connectivity index (χ4n) is 3.01. The van der Waals surface area contributed by atoms with Crippen LogP contribution in [-0.2, 0) is 6.42 Å². The minimum Gasteiger partial charge on any atom is -0.313 e. The van der Waals surface area contributed by atoms with E-state index in [1.807, 2.05) is 11.3 Å². The molecule has 2 aromatic carbocycles. The van der Waals surface area contributed by atoms with Crippen LogP contribution < -0.4 is 5.32 Å². The van der Waals surface area contributed by atoms with Crippen LogP contribution in [0.15, 0.2) is 47.8 Å². The molecule has 1 heterocycles. The summed E-state index contributed by atoms with van der Waals surface area (Å²) in [6.45, 7) is 4.34. The lowest BCUT2D eigenvalue weighted by Gasteiger charge is -2.18. The standard InChI is InChI=1S/C19H21NS/c1-13-8-14(2)10-15(9-13)18(20-3)11-16-12-21-19-7-5-4-6-17(16)19/h4-10,12,18,20H,11H2,1-3H3. The molecule has 0 saturated heterocycles. The number of hydrogen-bond donors (Lipinski definition) is 1. The average Bonchev–Trinajstić information content (AvgIpc) is 2.87. The Morgan fingerprint density at radius 3 is 2.48 bits per heavy atom. The van der Waals surface area contributed by atoms with Crippen molar-refractivity contribution in [2.75, 3.05) is 7.05 Å². The van der Waals surface area contributed by atoms with Gasteiger partial charge in [0.15, 0.2) is 0 Å². The monoisotopic (exact) mass is 295 g/mol. The Morgan fingerprint density at radius 2 is 1.76 bits per heavy atom. The molecule has 0 saturated carbocycles. The fourth-order valence-corrected chi connectivity index (χ4v) is 3.98. The van der Waals surface area contributed by atoms with Crippen LogP contribution in [0.4, 0.5) is 0 Å². The Bertz CT molecular complexity index is 737. The molecule has 0 fully saturated rings. The molecule has 0 aliphatic rings. The van der Waals surface area contributed by atoms with Crippen molar-refractivity contribution in [1.29, 1.82) is 0 Å². The van der Waals surface area contributed by atoms with Crippen LogP contribution in [0.3, 0.4) is 0 Å². The van der Waals surface area contributed by atoms with Gasteiger partial charge in [0.1, 0.15) is 0 Å². The highest BCUT2D eigenvalue weighted by Gasteiger charge is 2.13. The van der Waals surface area contributed by atoms with Gasteiger partial charge in [-0.05, 0) is 55.3 Å². The number of likely N-dealkylation sites (N-methyl/N-ethyl adjacent to an activating group) is 1. The number of hydrogen-bond acceptors (Lipinski definition) is 2. The second kappa shape index (κ2) is 6.00. The van der Waals surface area contributed by atoms with E-state index in [2.05, 4.69) is 74.1 Å². The van der Waals surface area contributed by atoms with Gasteiger partial charge in [-0.25, -0.2) is 0 Å². The Hall–Kier alpha value is -1.64. The van der Waals surface area contributed by atoms with E-state index >= 15 is 0 Å². The van der Waals surface area contributed by atoms with E-state index in [-0.39, 0.29) is 0 Å². The van der Waals surface area contributed by atoms with E-state index in [4.69, 9.17) is 0 Å². The lowest BCUT2D eigenvalue weighted by Crippen LogP contribution is -2.19. The maximum Gasteiger partial charge on any atom is 0.0359 e. The van der Waals surface area contributed by atoms with Gasteiger partial charge in [0.05, 0.1) is 0 Å². The molecular formula is C19H21NS. The molecule has 0 radical (unpaired) electrons. The van der Waals surface area contributed by atoms with Crippen LogP contribution in [0.25, 0.3) is 10.1 Å². The SMILES string of the molecule is CNC(Cc1csc2ccccc12)c1cc(C)cc(C)c1. The van der Waals surface area contributed by atoms with Crippen molar-refractivity contribution in [3.05, 3.63) is 70.1 Å². The number of thiophene rings is 1. The Balaban J connectivity index is 1.94.